The number of aromatic nitrogens is 4. The Labute approximate surface area is 102 Å². The van der Waals surface area contributed by atoms with Gasteiger partial charge in [0.2, 0.25) is 5.65 Å². The molecule has 3 heterocycles. The number of halogens is 1. The molecule has 84 valence electrons. The van der Waals surface area contributed by atoms with Crippen molar-refractivity contribution in [2.75, 3.05) is 23.3 Å². The molecule has 0 amide bonds. The van der Waals surface area contributed by atoms with Crippen LogP contribution in [0.4, 0.5) is 5.82 Å². The lowest BCUT2D eigenvalue weighted by molar-refractivity contribution is 0.675. The lowest BCUT2D eigenvalue weighted by atomic mass is 10.2. The number of rotatable bonds is 2. The summed E-state index contributed by atoms with van der Waals surface area (Å²) in [4.78, 5) is 6.70. The van der Waals surface area contributed by atoms with E-state index in [1.807, 2.05) is 10.6 Å². The maximum atomic E-state index is 4.42. The van der Waals surface area contributed by atoms with Gasteiger partial charge in [0.1, 0.15) is 6.33 Å². The van der Waals surface area contributed by atoms with Gasteiger partial charge < -0.3 is 4.90 Å². The third-order valence-electron chi connectivity index (χ3n) is 3.00. The van der Waals surface area contributed by atoms with Crippen molar-refractivity contribution in [3.05, 3.63) is 18.7 Å². The van der Waals surface area contributed by atoms with Crippen molar-refractivity contribution in [3.8, 4) is 0 Å². The van der Waals surface area contributed by atoms with E-state index in [4.69, 9.17) is 0 Å². The van der Waals surface area contributed by atoms with Crippen molar-refractivity contribution in [3.63, 3.8) is 0 Å². The number of anilines is 1. The van der Waals surface area contributed by atoms with Gasteiger partial charge in [-0.25, -0.2) is 4.98 Å². The number of alkyl halides is 1. The summed E-state index contributed by atoms with van der Waals surface area (Å²) < 4.78 is 1.91. The fraction of sp³-hybridized carbons (Fsp3) is 0.500. The highest BCUT2D eigenvalue weighted by atomic mass is 79.9. The zero-order chi connectivity index (χ0) is 11.0. The van der Waals surface area contributed by atoms with Crippen LogP contribution in [0.2, 0.25) is 0 Å². The number of hydrogen-bond donors (Lipinski definition) is 0. The highest BCUT2D eigenvalue weighted by molar-refractivity contribution is 9.09. The average Bonchev–Trinajstić information content (AvgIpc) is 2.97. The SMILES string of the molecule is BrCC1CCN(c2nccn3cnnc23)C1. The molecule has 0 N–H and O–H groups in total. The second kappa shape index (κ2) is 4.01. The van der Waals surface area contributed by atoms with Gasteiger partial charge >= 0.3 is 0 Å². The van der Waals surface area contributed by atoms with Crippen LogP contribution in [0, 0.1) is 5.92 Å². The highest BCUT2D eigenvalue weighted by Crippen LogP contribution is 2.25. The zero-order valence-corrected chi connectivity index (χ0v) is 10.3. The molecule has 16 heavy (non-hydrogen) atoms. The molecule has 1 aliphatic heterocycles. The molecule has 1 atom stereocenters. The molecule has 0 bridgehead atoms. The van der Waals surface area contributed by atoms with Crippen LogP contribution in [-0.2, 0) is 0 Å². The van der Waals surface area contributed by atoms with E-state index in [2.05, 4.69) is 36.0 Å². The summed E-state index contributed by atoms with van der Waals surface area (Å²) >= 11 is 3.54. The lowest BCUT2D eigenvalue weighted by Crippen LogP contribution is -2.22. The first-order chi connectivity index (χ1) is 7.88. The fourth-order valence-corrected chi connectivity index (χ4v) is 2.65. The molecule has 0 saturated carbocycles. The Bertz CT molecular complexity index is 497. The van der Waals surface area contributed by atoms with Crippen molar-refractivity contribution in [2.45, 2.75) is 6.42 Å². The molecule has 0 spiro atoms. The summed E-state index contributed by atoms with van der Waals surface area (Å²) in [6.07, 6.45) is 6.59. The molecular weight excluding hydrogens is 270 g/mol. The second-order valence-corrected chi connectivity index (χ2v) is 4.72. The van der Waals surface area contributed by atoms with Crippen molar-refractivity contribution in [2.24, 2.45) is 5.92 Å². The molecule has 2 aromatic rings. The van der Waals surface area contributed by atoms with E-state index >= 15 is 0 Å². The molecule has 3 rings (SSSR count). The molecule has 1 saturated heterocycles. The molecule has 2 aromatic heterocycles. The summed E-state index contributed by atoms with van der Waals surface area (Å²) in [5.41, 5.74) is 0.845. The van der Waals surface area contributed by atoms with Crippen molar-refractivity contribution in [1.29, 1.82) is 0 Å². The number of fused-ring (bicyclic) bond motifs is 1. The Morgan fingerprint density at radius 1 is 1.50 bits per heavy atom. The van der Waals surface area contributed by atoms with Gasteiger partial charge in [-0.15, -0.1) is 10.2 Å². The van der Waals surface area contributed by atoms with Gasteiger partial charge in [-0.3, -0.25) is 4.40 Å². The predicted molar refractivity (Wildman–Crippen MR) is 64.9 cm³/mol. The Morgan fingerprint density at radius 2 is 2.44 bits per heavy atom. The average molecular weight is 282 g/mol. The van der Waals surface area contributed by atoms with Crippen LogP contribution < -0.4 is 4.90 Å². The van der Waals surface area contributed by atoms with Crippen molar-refractivity contribution >= 4 is 27.4 Å². The van der Waals surface area contributed by atoms with Crippen LogP contribution in [0.15, 0.2) is 18.7 Å². The monoisotopic (exact) mass is 281 g/mol. The third kappa shape index (κ3) is 1.57. The van der Waals surface area contributed by atoms with Gasteiger partial charge in [-0.05, 0) is 12.3 Å². The quantitative estimate of drug-likeness (QED) is 0.780. The van der Waals surface area contributed by atoms with E-state index < -0.39 is 0 Å². The van der Waals surface area contributed by atoms with Gasteiger partial charge in [0, 0.05) is 30.8 Å². The van der Waals surface area contributed by atoms with Gasteiger partial charge in [0.15, 0.2) is 5.82 Å². The smallest absolute Gasteiger partial charge is 0.203 e. The van der Waals surface area contributed by atoms with E-state index in [9.17, 15) is 0 Å². The summed E-state index contributed by atoms with van der Waals surface area (Å²) in [6, 6.07) is 0. The van der Waals surface area contributed by atoms with Gasteiger partial charge in [0.05, 0.1) is 0 Å². The Balaban J connectivity index is 1.97. The van der Waals surface area contributed by atoms with Gasteiger partial charge in [-0.1, -0.05) is 15.9 Å². The van der Waals surface area contributed by atoms with Gasteiger partial charge in [-0.2, -0.15) is 0 Å². The molecule has 6 heteroatoms. The Kier molecular flexibility index (Phi) is 2.51. The third-order valence-corrected chi connectivity index (χ3v) is 3.92. The van der Waals surface area contributed by atoms with Crippen LogP contribution in [0.25, 0.3) is 5.65 Å². The predicted octanol–water partition coefficient (Wildman–Crippen LogP) is 1.35. The molecule has 1 unspecified atom stereocenters. The minimum atomic E-state index is 0.713. The van der Waals surface area contributed by atoms with E-state index in [0.29, 0.717) is 5.92 Å². The minimum Gasteiger partial charge on any atom is -0.353 e. The summed E-state index contributed by atoms with van der Waals surface area (Å²) in [5.74, 6) is 1.66. The zero-order valence-electron chi connectivity index (χ0n) is 8.75. The van der Waals surface area contributed by atoms with Crippen LogP contribution >= 0.6 is 15.9 Å². The first kappa shape index (κ1) is 10.0. The fourth-order valence-electron chi connectivity index (χ4n) is 2.12. The minimum absolute atomic E-state index is 0.713. The lowest BCUT2D eigenvalue weighted by Gasteiger charge is -2.16. The van der Waals surface area contributed by atoms with E-state index in [1.165, 1.54) is 6.42 Å². The molecular formula is C10H12BrN5. The van der Waals surface area contributed by atoms with E-state index in [1.54, 1.807) is 12.5 Å². The number of hydrogen-bond acceptors (Lipinski definition) is 4. The molecule has 1 fully saturated rings. The Hall–Kier alpha value is -1.17. The van der Waals surface area contributed by atoms with E-state index in [0.717, 1.165) is 29.9 Å². The standard InChI is InChI=1S/C10H12BrN5/c11-5-8-1-3-15(6-8)9-10-14-13-7-16(10)4-2-12-9/h2,4,7-8H,1,3,5-6H2. The first-order valence-electron chi connectivity index (χ1n) is 5.34. The Morgan fingerprint density at radius 3 is 3.25 bits per heavy atom. The molecule has 0 radical (unpaired) electrons. The van der Waals surface area contributed by atoms with Crippen LogP contribution in [0.3, 0.4) is 0 Å². The second-order valence-electron chi connectivity index (χ2n) is 4.07. The topological polar surface area (TPSA) is 46.3 Å². The summed E-state index contributed by atoms with van der Waals surface area (Å²) in [5, 5.41) is 9.08. The van der Waals surface area contributed by atoms with Crippen LogP contribution in [0.1, 0.15) is 6.42 Å². The van der Waals surface area contributed by atoms with Crippen molar-refractivity contribution in [1.82, 2.24) is 19.6 Å². The largest absolute Gasteiger partial charge is 0.353 e. The van der Waals surface area contributed by atoms with Crippen LogP contribution in [0.5, 0.6) is 0 Å². The number of nitrogens with zero attached hydrogens (tertiary/aromatic N) is 5. The molecule has 0 aliphatic carbocycles. The first-order valence-corrected chi connectivity index (χ1v) is 6.46. The summed E-state index contributed by atoms with van der Waals surface area (Å²) in [6.45, 7) is 2.10. The van der Waals surface area contributed by atoms with Crippen molar-refractivity contribution < 1.29 is 0 Å². The molecule has 5 nitrogen and oxygen atoms in total. The summed E-state index contributed by atoms with van der Waals surface area (Å²) in [7, 11) is 0. The molecule has 0 aromatic carbocycles. The highest BCUT2D eigenvalue weighted by Gasteiger charge is 2.24. The van der Waals surface area contributed by atoms with Crippen LogP contribution in [-0.4, -0.2) is 38.0 Å². The maximum absolute atomic E-state index is 4.42. The van der Waals surface area contributed by atoms with Gasteiger partial charge in [0.25, 0.3) is 0 Å². The van der Waals surface area contributed by atoms with E-state index in [-0.39, 0.29) is 0 Å². The maximum Gasteiger partial charge on any atom is 0.203 e. The molecule has 1 aliphatic rings. The normalized spacial score (nSPS) is 20.8.